The molecule has 1 unspecified atom stereocenters. The highest BCUT2D eigenvalue weighted by atomic mass is 16.6. The Morgan fingerprint density at radius 1 is 1.32 bits per heavy atom. The molecule has 0 amide bonds. The zero-order valence-electron chi connectivity index (χ0n) is 10.7. The fraction of sp³-hybridized carbons (Fsp3) is 0.385. The molecule has 0 radical (unpaired) electrons. The van der Waals surface area contributed by atoms with Gasteiger partial charge in [-0.15, -0.1) is 0 Å². The van der Waals surface area contributed by atoms with E-state index in [0.717, 1.165) is 0 Å². The molecule has 1 aromatic rings. The molecule has 1 aliphatic heterocycles. The molecule has 1 atom stereocenters. The molecule has 19 heavy (non-hydrogen) atoms. The van der Waals surface area contributed by atoms with Crippen molar-refractivity contribution in [2.24, 2.45) is 0 Å². The Labute approximate surface area is 110 Å². The summed E-state index contributed by atoms with van der Waals surface area (Å²) in [6.45, 7) is 0.274. The number of cyclic esters (lactones) is 1. The smallest absolute Gasteiger partial charge is 0.347 e. The lowest BCUT2D eigenvalue weighted by molar-refractivity contribution is -0.145. The molecule has 6 nitrogen and oxygen atoms in total. The number of hydrogen-bond donors (Lipinski definition) is 0. The third kappa shape index (κ3) is 2.78. The van der Waals surface area contributed by atoms with Crippen LogP contribution >= 0.6 is 0 Å². The monoisotopic (exact) mass is 266 g/mol. The Kier molecular flexibility index (Phi) is 3.89. The van der Waals surface area contributed by atoms with E-state index in [0.29, 0.717) is 17.9 Å². The lowest BCUT2D eigenvalue weighted by atomic mass is 10.2. The number of carbonyl (C=O) groups is 2. The molecule has 0 N–H and O–H groups in total. The minimum atomic E-state index is -0.834. The molecule has 1 aromatic carbocycles. The van der Waals surface area contributed by atoms with Crippen molar-refractivity contribution in [2.45, 2.75) is 12.5 Å². The molecule has 0 spiro atoms. The predicted molar refractivity (Wildman–Crippen MR) is 64.3 cm³/mol. The zero-order chi connectivity index (χ0) is 13.8. The van der Waals surface area contributed by atoms with Crippen molar-refractivity contribution in [3.63, 3.8) is 0 Å². The van der Waals surface area contributed by atoms with Crippen LogP contribution in [0, 0.1) is 0 Å². The van der Waals surface area contributed by atoms with E-state index < -0.39 is 18.0 Å². The second-order valence-electron chi connectivity index (χ2n) is 3.92. The zero-order valence-corrected chi connectivity index (χ0v) is 10.7. The molecule has 0 saturated carbocycles. The van der Waals surface area contributed by atoms with Gasteiger partial charge < -0.3 is 18.9 Å². The Bertz CT molecular complexity index is 496. The van der Waals surface area contributed by atoms with Gasteiger partial charge in [0.05, 0.1) is 20.8 Å². The molecule has 1 fully saturated rings. The number of esters is 2. The molecule has 6 heteroatoms. The number of rotatable bonds is 4. The first-order valence-corrected chi connectivity index (χ1v) is 5.75. The molecule has 1 aliphatic rings. The summed E-state index contributed by atoms with van der Waals surface area (Å²) in [6, 6.07) is 4.72. The number of benzene rings is 1. The Hall–Kier alpha value is -2.24. The Morgan fingerprint density at radius 3 is 2.68 bits per heavy atom. The maximum Gasteiger partial charge on any atom is 0.347 e. The van der Waals surface area contributed by atoms with E-state index >= 15 is 0 Å². The molecular formula is C13H14O6. The van der Waals surface area contributed by atoms with E-state index in [-0.39, 0.29) is 12.2 Å². The largest absolute Gasteiger partial charge is 0.497 e. The summed E-state index contributed by atoms with van der Waals surface area (Å²) >= 11 is 0. The minimum Gasteiger partial charge on any atom is -0.497 e. The third-order valence-electron chi connectivity index (χ3n) is 2.77. The van der Waals surface area contributed by atoms with Crippen LogP contribution in [0.4, 0.5) is 0 Å². The Balaban J connectivity index is 2.16. The van der Waals surface area contributed by atoms with Crippen LogP contribution in [0.15, 0.2) is 18.2 Å². The fourth-order valence-electron chi connectivity index (χ4n) is 1.74. The molecule has 2 rings (SSSR count). The second-order valence-corrected chi connectivity index (χ2v) is 3.92. The van der Waals surface area contributed by atoms with Gasteiger partial charge >= 0.3 is 11.9 Å². The van der Waals surface area contributed by atoms with Crippen molar-refractivity contribution >= 4 is 11.9 Å². The fourth-order valence-corrected chi connectivity index (χ4v) is 1.74. The van der Waals surface area contributed by atoms with Crippen molar-refractivity contribution in [3.8, 4) is 11.5 Å². The van der Waals surface area contributed by atoms with Gasteiger partial charge in [0.15, 0.2) is 0 Å². The summed E-state index contributed by atoms with van der Waals surface area (Å²) < 4.78 is 20.0. The van der Waals surface area contributed by atoms with Gasteiger partial charge in [-0.3, -0.25) is 0 Å². The normalized spacial score (nSPS) is 17.8. The highest BCUT2D eigenvalue weighted by Crippen LogP contribution is 2.26. The van der Waals surface area contributed by atoms with E-state index in [2.05, 4.69) is 0 Å². The lowest BCUT2D eigenvalue weighted by Gasteiger charge is -2.12. The van der Waals surface area contributed by atoms with E-state index in [1.807, 2.05) is 0 Å². The first-order chi connectivity index (χ1) is 9.15. The molecule has 0 bridgehead atoms. The number of hydrogen-bond acceptors (Lipinski definition) is 6. The number of ether oxygens (including phenoxy) is 4. The molecule has 1 heterocycles. The topological polar surface area (TPSA) is 71.1 Å². The van der Waals surface area contributed by atoms with E-state index in [1.54, 1.807) is 12.1 Å². The van der Waals surface area contributed by atoms with Crippen LogP contribution < -0.4 is 9.47 Å². The number of carbonyl (C=O) groups excluding carboxylic acids is 2. The molecular weight excluding hydrogens is 252 g/mol. The van der Waals surface area contributed by atoms with E-state index in [1.165, 1.54) is 20.3 Å². The average Bonchev–Trinajstić information content (AvgIpc) is 2.83. The molecule has 102 valence electrons. The third-order valence-corrected chi connectivity index (χ3v) is 2.77. The van der Waals surface area contributed by atoms with Gasteiger partial charge in [0.25, 0.3) is 0 Å². The van der Waals surface area contributed by atoms with Crippen molar-refractivity contribution in [3.05, 3.63) is 23.8 Å². The predicted octanol–water partition coefficient (Wildman–Crippen LogP) is 1.18. The van der Waals surface area contributed by atoms with Gasteiger partial charge in [-0.2, -0.15) is 0 Å². The molecule has 0 aliphatic carbocycles. The van der Waals surface area contributed by atoms with Gasteiger partial charge in [-0.25, -0.2) is 9.59 Å². The SMILES string of the molecule is COc1ccc(C(=O)OC2CCOC2=O)c(OC)c1. The standard InChI is InChI=1S/C13H14O6/c1-16-8-3-4-9(11(7-8)17-2)12(14)19-10-5-6-18-13(10)15/h3-4,7,10H,5-6H2,1-2H3. The summed E-state index contributed by atoms with van der Waals surface area (Å²) in [5.41, 5.74) is 0.239. The van der Waals surface area contributed by atoms with Gasteiger partial charge in [0.2, 0.25) is 6.10 Å². The van der Waals surface area contributed by atoms with Gasteiger partial charge in [0, 0.05) is 12.5 Å². The average molecular weight is 266 g/mol. The van der Waals surface area contributed by atoms with Gasteiger partial charge in [-0.1, -0.05) is 0 Å². The summed E-state index contributed by atoms with van der Waals surface area (Å²) in [4.78, 5) is 23.2. The number of methoxy groups -OCH3 is 2. The Morgan fingerprint density at radius 2 is 2.11 bits per heavy atom. The van der Waals surface area contributed by atoms with Crippen molar-refractivity contribution < 1.29 is 28.5 Å². The van der Waals surface area contributed by atoms with Gasteiger partial charge in [-0.05, 0) is 12.1 Å². The summed E-state index contributed by atoms with van der Waals surface area (Å²) in [7, 11) is 2.96. The first-order valence-electron chi connectivity index (χ1n) is 5.75. The maximum atomic E-state index is 12.0. The molecule has 0 aromatic heterocycles. The van der Waals surface area contributed by atoms with Crippen molar-refractivity contribution in [1.29, 1.82) is 0 Å². The van der Waals surface area contributed by atoms with Gasteiger partial charge in [0.1, 0.15) is 17.1 Å². The van der Waals surface area contributed by atoms with E-state index in [4.69, 9.17) is 18.9 Å². The van der Waals surface area contributed by atoms with Crippen LogP contribution in [0.3, 0.4) is 0 Å². The summed E-state index contributed by atoms with van der Waals surface area (Å²) in [5, 5.41) is 0. The van der Waals surface area contributed by atoms with Crippen LogP contribution in [-0.4, -0.2) is 38.9 Å². The van der Waals surface area contributed by atoms with Crippen molar-refractivity contribution in [1.82, 2.24) is 0 Å². The first kappa shape index (κ1) is 13.2. The lowest BCUT2D eigenvalue weighted by Crippen LogP contribution is -2.23. The van der Waals surface area contributed by atoms with Crippen LogP contribution in [0.2, 0.25) is 0 Å². The van der Waals surface area contributed by atoms with E-state index in [9.17, 15) is 9.59 Å². The minimum absolute atomic E-state index is 0.239. The van der Waals surface area contributed by atoms with Crippen LogP contribution in [-0.2, 0) is 14.3 Å². The highest BCUT2D eigenvalue weighted by Gasteiger charge is 2.31. The highest BCUT2D eigenvalue weighted by molar-refractivity contribution is 5.94. The van der Waals surface area contributed by atoms with Crippen molar-refractivity contribution in [2.75, 3.05) is 20.8 Å². The van der Waals surface area contributed by atoms with Crippen LogP contribution in [0.1, 0.15) is 16.8 Å². The summed E-state index contributed by atoms with van der Waals surface area (Å²) in [5.74, 6) is -0.242. The molecule has 1 saturated heterocycles. The second kappa shape index (κ2) is 5.60. The quantitative estimate of drug-likeness (QED) is 0.762. The van der Waals surface area contributed by atoms with Crippen LogP contribution in [0.25, 0.3) is 0 Å². The van der Waals surface area contributed by atoms with Crippen LogP contribution in [0.5, 0.6) is 11.5 Å². The summed E-state index contributed by atoms with van der Waals surface area (Å²) in [6.07, 6.45) is -0.456. The maximum absolute atomic E-state index is 12.0.